The van der Waals surface area contributed by atoms with Crippen LogP contribution >= 0.6 is 0 Å². The number of alkyl halides is 3. The molecule has 0 aliphatic heterocycles. The molecular formula is C15H14F3NO2. The minimum Gasteiger partial charge on any atom is -0.481 e. The monoisotopic (exact) mass is 297 g/mol. The van der Waals surface area contributed by atoms with Gasteiger partial charge in [0.05, 0.1) is 12.0 Å². The number of halogens is 3. The highest BCUT2D eigenvalue weighted by Gasteiger charge is 2.33. The maximum Gasteiger partial charge on any atom is 0.418 e. The maximum atomic E-state index is 12.9. The lowest BCUT2D eigenvalue weighted by molar-refractivity contribution is -0.138. The van der Waals surface area contributed by atoms with Gasteiger partial charge in [-0.1, -0.05) is 26.0 Å². The Labute approximate surface area is 119 Å². The zero-order chi connectivity index (χ0) is 15.8. The topological polar surface area (TPSA) is 50.2 Å². The van der Waals surface area contributed by atoms with Gasteiger partial charge in [0.15, 0.2) is 0 Å². The molecule has 0 bridgehead atoms. The number of rotatable bonds is 3. The lowest BCUT2D eigenvalue weighted by atomic mass is 9.81. The molecule has 6 heteroatoms. The SMILES string of the molecule is CC(C)(CC(=O)O)c1ccc2c(C(F)(F)F)cncc2c1. The van der Waals surface area contributed by atoms with E-state index >= 15 is 0 Å². The number of pyridine rings is 1. The highest BCUT2D eigenvalue weighted by atomic mass is 19.4. The van der Waals surface area contributed by atoms with Gasteiger partial charge in [0.25, 0.3) is 0 Å². The number of aromatic nitrogens is 1. The molecule has 1 heterocycles. The number of fused-ring (bicyclic) bond motifs is 1. The first-order valence-electron chi connectivity index (χ1n) is 6.28. The summed E-state index contributed by atoms with van der Waals surface area (Å²) in [6.07, 6.45) is -2.43. The summed E-state index contributed by atoms with van der Waals surface area (Å²) in [7, 11) is 0. The first-order valence-corrected chi connectivity index (χ1v) is 6.28. The van der Waals surface area contributed by atoms with E-state index in [1.165, 1.54) is 12.3 Å². The first kappa shape index (κ1) is 15.3. The molecule has 0 saturated heterocycles. The van der Waals surface area contributed by atoms with Crippen LogP contribution in [0.1, 0.15) is 31.4 Å². The van der Waals surface area contributed by atoms with Crippen molar-refractivity contribution in [2.45, 2.75) is 31.9 Å². The summed E-state index contributed by atoms with van der Waals surface area (Å²) in [6, 6.07) is 4.49. The van der Waals surface area contributed by atoms with Crippen molar-refractivity contribution >= 4 is 16.7 Å². The van der Waals surface area contributed by atoms with Crippen LogP contribution in [-0.4, -0.2) is 16.1 Å². The summed E-state index contributed by atoms with van der Waals surface area (Å²) < 4.78 is 38.7. The number of carbonyl (C=O) groups is 1. The number of carboxylic acids is 1. The Morgan fingerprint density at radius 3 is 2.48 bits per heavy atom. The van der Waals surface area contributed by atoms with Gasteiger partial charge in [0.1, 0.15) is 0 Å². The van der Waals surface area contributed by atoms with Crippen LogP contribution in [-0.2, 0) is 16.4 Å². The summed E-state index contributed by atoms with van der Waals surface area (Å²) in [5.74, 6) is -0.956. The van der Waals surface area contributed by atoms with Crippen LogP contribution < -0.4 is 0 Å². The average molecular weight is 297 g/mol. The van der Waals surface area contributed by atoms with E-state index in [2.05, 4.69) is 4.98 Å². The molecule has 2 aromatic rings. The van der Waals surface area contributed by atoms with Crippen LogP contribution in [0.15, 0.2) is 30.6 Å². The van der Waals surface area contributed by atoms with E-state index < -0.39 is 23.1 Å². The van der Waals surface area contributed by atoms with Gasteiger partial charge in [0.2, 0.25) is 0 Å². The van der Waals surface area contributed by atoms with E-state index in [0.29, 0.717) is 10.9 Å². The fraction of sp³-hybridized carbons (Fsp3) is 0.333. The quantitative estimate of drug-likeness (QED) is 0.931. The average Bonchev–Trinajstić information content (AvgIpc) is 2.34. The molecule has 0 spiro atoms. The predicted molar refractivity (Wildman–Crippen MR) is 72.0 cm³/mol. The van der Waals surface area contributed by atoms with E-state index in [4.69, 9.17) is 5.11 Å². The first-order chi connectivity index (χ1) is 9.61. The molecule has 0 amide bonds. The van der Waals surface area contributed by atoms with Gasteiger partial charge in [0, 0.05) is 23.2 Å². The molecule has 3 nitrogen and oxygen atoms in total. The predicted octanol–water partition coefficient (Wildman–Crippen LogP) is 4.01. The second kappa shape index (κ2) is 5.02. The van der Waals surface area contributed by atoms with E-state index in [0.717, 1.165) is 6.20 Å². The van der Waals surface area contributed by atoms with Crippen molar-refractivity contribution in [2.24, 2.45) is 0 Å². The van der Waals surface area contributed by atoms with Crippen molar-refractivity contribution in [3.05, 3.63) is 41.7 Å². The summed E-state index contributed by atoms with van der Waals surface area (Å²) in [4.78, 5) is 14.5. The lowest BCUT2D eigenvalue weighted by Gasteiger charge is -2.23. The highest BCUT2D eigenvalue weighted by Crippen LogP contribution is 2.36. The third-order valence-corrected chi connectivity index (χ3v) is 3.44. The van der Waals surface area contributed by atoms with Crippen LogP contribution in [0.3, 0.4) is 0 Å². The Morgan fingerprint density at radius 2 is 1.90 bits per heavy atom. The Hall–Kier alpha value is -2.11. The molecule has 1 aromatic carbocycles. The van der Waals surface area contributed by atoms with Crippen LogP contribution in [0, 0.1) is 0 Å². The molecule has 0 fully saturated rings. The van der Waals surface area contributed by atoms with Gasteiger partial charge in [-0.05, 0) is 17.0 Å². The van der Waals surface area contributed by atoms with Crippen molar-refractivity contribution in [1.29, 1.82) is 0 Å². The van der Waals surface area contributed by atoms with Crippen LogP contribution in [0.5, 0.6) is 0 Å². The molecule has 112 valence electrons. The van der Waals surface area contributed by atoms with Gasteiger partial charge >= 0.3 is 12.1 Å². The number of carboxylic acid groups (broad SMARTS) is 1. The Morgan fingerprint density at radius 1 is 1.24 bits per heavy atom. The van der Waals surface area contributed by atoms with E-state index in [9.17, 15) is 18.0 Å². The molecule has 0 saturated carbocycles. The van der Waals surface area contributed by atoms with Gasteiger partial charge in [-0.15, -0.1) is 0 Å². The third kappa shape index (κ3) is 3.15. The number of nitrogens with zero attached hydrogens (tertiary/aromatic N) is 1. The van der Waals surface area contributed by atoms with Crippen LogP contribution in [0.25, 0.3) is 10.8 Å². The molecule has 0 radical (unpaired) electrons. The molecule has 0 unspecified atom stereocenters. The molecule has 21 heavy (non-hydrogen) atoms. The summed E-state index contributed by atoms with van der Waals surface area (Å²) in [5, 5.41) is 9.32. The second-order valence-corrected chi connectivity index (χ2v) is 5.58. The number of hydrogen-bond acceptors (Lipinski definition) is 2. The van der Waals surface area contributed by atoms with Crippen molar-refractivity contribution in [1.82, 2.24) is 4.98 Å². The van der Waals surface area contributed by atoms with Crippen molar-refractivity contribution in [3.8, 4) is 0 Å². The van der Waals surface area contributed by atoms with Crippen molar-refractivity contribution < 1.29 is 23.1 Å². The molecular weight excluding hydrogens is 283 g/mol. The Bertz CT molecular complexity index is 693. The van der Waals surface area contributed by atoms with E-state index in [1.807, 2.05) is 0 Å². The molecule has 0 aliphatic rings. The summed E-state index contributed by atoms with van der Waals surface area (Å²) in [6.45, 7) is 3.48. The van der Waals surface area contributed by atoms with Gasteiger partial charge in [-0.2, -0.15) is 13.2 Å². The minimum absolute atomic E-state index is 0.0624. The normalized spacial score (nSPS) is 12.6. The molecule has 1 aromatic heterocycles. The zero-order valence-electron chi connectivity index (χ0n) is 11.5. The Balaban J connectivity index is 2.56. The largest absolute Gasteiger partial charge is 0.481 e. The molecule has 0 aliphatic carbocycles. The van der Waals surface area contributed by atoms with E-state index in [1.54, 1.807) is 26.0 Å². The standard InChI is InChI=1S/C15H14F3NO2/c1-14(2,6-13(20)21)10-3-4-11-9(5-10)7-19-8-12(11)15(16,17)18/h3-5,7-8H,6H2,1-2H3,(H,20,21). The smallest absolute Gasteiger partial charge is 0.418 e. The van der Waals surface area contributed by atoms with Crippen molar-refractivity contribution in [3.63, 3.8) is 0 Å². The van der Waals surface area contributed by atoms with E-state index in [-0.39, 0.29) is 11.8 Å². The highest BCUT2D eigenvalue weighted by molar-refractivity contribution is 5.86. The van der Waals surface area contributed by atoms with Crippen LogP contribution in [0.4, 0.5) is 13.2 Å². The molecule has 1 N–H and O–H groups in total. The maximum absolute atomic E-state index is 12.9. The Kier molecular flexibility index (Phi) is 3.65. The molecule has 2 rings (SSSR count). The second-order valence-electron chi connectivity index (χ2n) is 5.58. The lowest BCUT2D eigenvalue weighted by Crippen LogP contribution is -2.21. The number of aliphatic carboxylic acids is 1. The fourth-order valence-electron chi connectivity index (χ4n) is 2.30. The van der Waals surface area contributed by atoms with Gasteiger partial charge < -0.3 is 5.11 Å². The minimum atomic E-state index is -4.47. The number of benzene rings is 1. The van der Waals surface area contributed by atoms with Crippen LogP contribution in [0.2, 0.25) is 0 Å². The third-order valence-electron chi connectivity index (χ3n) is 3.44. The summed E-state index contributed by atoms with van der Waals surface area (Å²) in [5.41, 5.74) is -0.796. The number of hydrogen-bond donors (Lipinski definition) is 1. The van der Waals surface area contributed by atoms with Gasteiger partial charge in [-0.25, -0.2) is 0 Å². The zero-order valence-corrected chi connectivity index (χ0v) is 11.5. The fourth-order valence-corrected chi connectivity index (χ4v) is 2.30. The van der Waals surface area contributed by atoms with Crippen molar-refractivity contribution in [2.75, 3.05) is 0 Å². The molecule has 0 atom stereocenters. The summed E-state index contributed by atoms with van der Waals surface area (Å²) >= 11 is 0. The van der Waals surface area contributed by atoms with Gasteiger partial charge in [-0.3, -0.25) is 9.78 Å².